The van der Waals surface area contributed by atoms with Gasteiger partial charge in [0.05, 0.1) is 10.0 Å². The van der Waals surface area contributed by atoms with E-state index in [1.807, 2.05) is 0 Å². The van der Waals surface area contributed by atoms with Gasteiger partial charge in [0.15, 0.2) is 5.56 Å². The maximum Gasteiger partial charge on any atom is 0.425 e. The summed E-state index contributed by atoms with van der Waals surface area (Å²) in [7, 11) is 0. The monoisotopic (exact) mass is 438 g/mol. The van der Waals surface area contributed by atoms with Crippen LogP contribution < -0.4 is 0 Å². The minimum Gasteiger partial charge on any atom is -0.358 e. The molecule has 0 aliphatic rings. The van der Waals surface area contributed by atoms with Crippen molar-refractivity contribution in [3.05, 3.63) is 43.4 Å². The van der Waals surface area contributed by atoms with Gasteiger partial charge in [-0.3, -0.25) is 0 Å². The van der Waals surface area contributed by atoms with Crippen molar-refractivity contribution in [1.82, 2.24) is 4.98 Å². The van der Waals surface area contributed by atoms with E-state index in [2.05, 4.69) is 0 Å². The highest BCUT2D eigenvalue weighted by Crippen LogP contribution is 2.50. The lowest BCUT2D eigenvalue weighted by Gasteiger charge is -2.12. The van der Waals surface area contributed by atoms with Gasteiger partial charge in [-0.2, -0.15) is 26.3 Å². The maximum atomic E-state index is 13.3. The minimum absolute atomic E-state index is 0.112. The van der Waals surface area contributed by atoms with Gasteiger partial charge in [-0.05, 0) is 23.3 Å². The van der Waals surface area contributed by atoms with Crippen molar-refractivity contribution < 1.29 is 31.3 Å². The first-order valence-corrected chi connectivity index (χ1v) is 8.35. The summed E-state index contributed by atoms with van der Waals surface area (Å²) in [6, 6.07) is 1.90. The summed E-state index contributed by atoms with van der Waals surface area (Å²) in [5.41, 5.74) is -6.23. The van der Waals surface area contributed by atoms with Gasteiger partial charge >= 0.3 is 18.2 Å². The Morgan fingerprint density at radius 3 is 1.85 bits per heavy atom. The van der Waals surface area contributed by atoms with Crippen LogP contribution >= 0.6 is 35.0 Å². The summed E-state index contributed by atoms with van der Waals surface area (Å²) in [6.07, 6.45) is -9.56. The molecule has 1 aromatic carbocycles. The molecular weight excluding hydrogens is 433 g/mol. The molecule has 1 heterocycles. The first-order chi connectivity index (χ1) is 11.8. The zero-order valence-corrected chi connectivity index (χ0v) is 14.7. The molecule has 142 valence electrons. The van der Waals surface area contributed by atoms with Gasteiger partial charge in [0, 0.05) is 10.5 Å². The number of rotatable bonds is 3. The average Bonchev–Trinajstić information content (AvgIpc) is 2.87. The summed E-state index contributed by atoms with van der Waals surface area (Å²) in [4.78, 5) is 11.2. The normalized spacial score (nSPS) is 12.5. The molecule has 0 spiro atoms. The number of nitrogens with zero attached hydrogens (tertiary/aromatic N) is 1. The second-order valence-electron chi connectivity index (χ2n) is 4.82. The number of nitro groups is 1. The number of benzene rings is 1. The van der Waals surface area contributed by atoms with Crippen LogP contribution in [0.4, 0.5) is 32.2 Å². The standard InChI is InChI=1S/C13H6Cl2F6N2O2S/c1-26-10-5(14)2-4(3-6(10)15)9-7(12(16,17)18)8(13(19,20)21)11(22-9)23(24)25/h2-3,22H,1H3. The number of hydrogen-bond donors (Lipinski definition) is 1. The molecule has 26 heavy (non-hydrogen) atoms. The van der Waals surface area contributed by atoms with E-state index in [1.54, 1.807) is 11.2 Å². The summed E-state index contributed by atoms with van der Waals surface area (Å²) < 4.78 is 79.4. The van der Waals surface area contributed by atoms with E-state index in [0.29, 0.717) is 4.90 Å². The predicted octanol–water partition coefficient (Wildman–Crippen LogP) is 6.66. The molecule has 0 atom stereocenters. The van der Waals surface area contributed by atoms with E-state index >= 15 is 0 Å². The Bertz CT molecular complexity index is 856. The van der Waals surface area contributed by atoms with Crippen LogP contribution in [0.5, 0.6) is 0 Å². The van der Waals surface area contributed by atoms with E-state index in [-0.39, 0.29) is 10.0 Å². The molecule has 13 heteroatoms. The van der Waals surface area contributed by atoms with Crippen molar-refractivity contribution in [2.75, 3.05) is 6.26 Å². The highest BCUT2D eigenvalue weighted by atomic mass is 35.5. The van der Waals surface area contributed by atoms with Gasteiger partial charge in [0.1, 0.15) is 11.3 Å². The van der Waals surface area contributed by atoms with E-state index in [0.717, 1.165) is 23.9 Å². The quantitative estimate of drug-likeness (QED) is 0.252. The van der Waals surface area contributed by atoms with E-state index in [1.165, 1.54) is 0 Å². The third-order valence-electron chi connectivity index (χ3n) is 3.22. The summed E-state index contributed by atoms with van der Waals surface area (Å²) in [5, 5.41) is 10.7. The van der Waals surface area contributed by atoms with Gasteiger partial charge in [-0.15, -0.1) is 11.8 Å². The van der Waals surface area contributed by atoms with Gasteiger partial charge in [-0.25, -0.2) is 4.98 Å². The van der Waals surface area contributed by atoms with Crippen molar-refractivity contribution in [2.45, 2.75) is 17.2 Å². The second-order valence-corrected chi connectivity index (χ2v) is 6.46. The first-order valence-electron chi connectivity index (χ1n) is 6.37. The third-order valence-corrected chi connectivity index (χ3v) is 4.89. The van der Waals surface area contributed by atoms with E-state index in [4.69, 9.17) is 23.2 Å². The van der Waals surface area contributed by atoms with Crippen LogP contribution in [0.3, 0.4) is 0 Å². The van der Waals surface area contributed by atoms with E-state index < -0.39 is 45.5 Å². The Morgan fingerprint density at radius 1 is 1.04 bits per heavy atom. The molecule has 0 unspecified atom stereocenters. The SMILES string of the molecule is CSc1c(Cl)cc(-c2[nH]c([N+](=O)[O-])c(C(F)(F)F)c2C(F)(F)F)cc1Cl. The van der Waals surface area contributed by atoms with Gasteiger partial charge in [0.2, 0.25) is 0 Å². The molecule has 0 amide bonds. The van der Waals surface area contributed by atoms with Crippen molar-refractivity contribution in [3.63, 3.8) is 0 Å². The zero-order chi connectivity index (χ0) is 20.0. The van der Waals surface area contributed by atoms with Crippen LogP contribution in [-0.4, -0.2) is 16.2 Å². The fraction of sp³-hybridized carbons (Fsp3) is 0.231. The molecule has 0 saturated heterocycles. The number of aromatic amines is 1. The number of hydrogen-bond acceptors (Lipinski definition) is 3. The van der Waals surface area contributed by atoms with Gasteiger partial charge in [-0.1, -0.05) is 23.2 Å². The van der Waals surface area contributed by atoms with Crippen molar-refractivity contribution >= 4 is 40.8 Å². The largest absolute Gasteiger partial charge is 0.425 e. The van der Waals surface area contributed by atoms with Crippen LogP contribution in [-0.2, 0) is 12.4 Å². The predicted molar refractivity (Wildman–Crippen MR) is 84.7 cm³/mol. The molecule has 4 nitrogen and oxygen atoms in total. The Morgan fingerprint density at radius 2 is 1.50 bits per heavy atom. The lowest BCUT2D eigenvalue weighted by atomic mass is 10.0. The van der Waals surface area contributed by atoms with Crippen molar-refractivity contribution in [3.8, 4) is 11.3 Å². The maximum absolute atomic E-state index is 13.3. The zero-order valence-electron chi connectivity index (χ0n) is 12.4. The van der Waals surface area contributed by atoms with Gasteiger partial charge < -0.3 is 10.1 Å². The second kappa shape index (κ2) is 6.86. The Hall–Kier alpha value is -1.59. The van der Waals surface area contributed by atoms with Crippen molar-refractivity contribution in [2.24, 2.45) is 0 Å². The number of alkyl halides is 6. The molecule has 2 rings (SSSR count). The van der Waals surface area contributed by atoms with Crippen LogP contribution in [0, 0.1) is 10.1 Å². The van der Waals surface area contributed by atoms with Crippen LogP contribution in [0.15, 0.2) is 17.0 Å². The molecule has 0 bridgehead atoms. The molecular formula is C13H6Cl2F6N2O2S. The van der Waals surface area contributed by atoms with Crippen molar-refractivity contribution in [1.29, 1.82) is 0 Å². The Labute approximate surface area is 155 Å². The van der Waals surface area contributed by atoms with Crippen LogP contribution in [0.2, 0.25) is 10.0 Å². The highest BCUT2D eigenvalue weighted by molar-refractivity contribution is 7.98. The van der Waals surface area contributed by atoms with Crippen LogP contribution in [0.25, 0.3) is 11.3 Å². The highest BCUT2D eigenvalue weighted by Gasteiger charge is 2.53. The molecule has 0 aliphatic heterocycles. The summed E-state index contributed by atoms with van der Waals surface area (Å²) in [6.45, 7) is 0. The fourth-order valence-corrected chi connectivity index (χ4v) is 3.76. The number of thioether (sulfide) groups is 1. The minimum atomic E-state index is -5.62. The Kier molecular flexibility index (Phi) is 5.46. The van der Waals surface area contributed by atoms with Gasteiger partial charge in [0.25, 0.3) is 0 Å². The Balaban J connectivity index is 2.92. The first kappa shape index (κ1) is 20.7. The summed E-state index contributed by atoms with van der Waals surface area (Å²) >= 11 is 12.9. The average molecular weight is 439 g/mol. The fourth-order valence-electron chi connectivity index (χ4n) is 2.30. The number of halogens is 8. The lowest BCUT2D eigenvalue weighted by Crippen LogP contribution is -2.16. The molecule has 0 fully saturated rings. The summed E-state index contributed by atoms with van der Waals surface area (Å²) in [5.74, 6) is -1.82. The smallest absolute Gasteiger partial charge is 0.358 e. The number of H-pyrrole nitrogens is 1. The molecule has 2 aromatic rings. The molecule has 1 N–H and O–H groups in total. The molecule has 0 radical (unpaired) electrons. The molecule has 0 saturated carbocycles. The van der Waals surface area contributed by atoms with Crippen LogP contribution in [0.1, 0.15) is 11.1 Å². The molecule has 1 aromatic heterocycles. The molecule has 0 aliphatic carbocycles. The lowest BCUT2D eigenvalue weighted by molar-refractivity contribution is -0.392. The third kappa shape index (κ3) is 3.74. The van der Waals surface area contributed by atoms with E-state index in [9.17, 15) is 36.5 Å². The number of nitrogens with one attached hydrogen (secondary N) is 1. The number of aromatic nitrogens is 1. The topological polar surface area (TPSA) is 58.9 Å².